The van der Waals surface area contributed by atoms with Gasteiger partial charge in [-0.2, -0.15) is 0 Å². The van der Waals surface area contributed by atoms with Crippen LogP contribution in [-0.4, -0.2) is 47.4 Å². The first kappa shape index (κ1) is 71.3. The second kappa shape index (κ2) is 62.9. The molecule has 432 valence electrons. The summed E-state index contributed by atoms with van der Waals surface area (Å²) in [5, 5.41) is 23.4. The number of hydrogen-bond acceptors (Lipinski definition) is 5. The highest BCUT2D eigenvalue weighted by atomic mass is 16.5. The zero-order valence-corrected chi connectivity index (χ0v) is 49.4. The molecule has 0 rings (SSSR count). The summed E-state index contributed by atoms with van der Waals surface area (Å²) in [6.45, 7) is 4.93. The van der Waals surface area contributed by atoms with E-state index in [9.17, 15) is 19.8 Å². The van der Waals surface area contributed by atoms with Crippen LogP contribution in [0.25, 0.3) is 0 Å². The number of nitrogens with one attached hydrogen (secondary N) is 1. The topological polar surface area (TPSA) is 95.9 Å². The van der Waals surface area contributed by atoms with Gasteiger partial charge >= 0.3 is 5.97 Å². The Morgan fingerprint density at radius 3 is 1.08 bits per heavy atom. The quantitative estimate of drug-likeness (QED) is 0.0320. The van der Waals surface area contributed by atoms with Crippen LogP contribution in [0.1, 0.15) is 367 Å². The summed E-state index contributed by atoms with van der Waals surface area (Å²) >= 11 is 0. The zero-order chi connectivity index (χ0) is 52.9. The minimum Gasteiger partial charge on any atom is -0.466 e. The molecule has 0 aliphatic heterocycles. The number of ether oxygens (including phenoxy) is 1. The van der Waals surface area contributed by atoms with Crippen LogP contribution in [0.3, 0.4) is 0 Å². The highest BCUT2D eigenvalue weighted by molar-refractivity contribution is 5.76. The van der Waals surface area contributed by atoms with Crippen LogP contribution < -0.4 is 5.32 Å². The molecule has 0 aromatic carbocycles. The number of rotatable bonds is 62. The van der Waals surface area contributed by atoms with Crippen molar-refractivity contribution in [1.29, 1.82) is 0 Å². The predicted molar refractivity (Wildman–Crippen MR) is 320 cm³/mol. The molecule has 0 aromatic rings. The molecular formula is C67H129NO5. The largest absolute Gasteiger partial charge is 0.466 e. The molecule has 0 aliphatic rings. The van der Waals surface area contributed by atoms with E-state index in [2.05, 4.69) is 43.5 Å². The molecule has 2 atom stereocenters. The van der Waals surface area contributed by atoms with Crippen molar-refractivity contribution in [3.8, 4) is 0 Å². The molecule has 0 radical (unpaired) electrons. The van der Waals surface area contributed by atoms with Crippen LogP contribution >= 0.6 is 0 Å². The molecule has 1 amide bonds. The van der Waals surface area contributed by atoms with Gasteiger partial charge in [0.15, 0.2) is 0 Å². The Kier molecular flexibility index (Phi) is 61.4. The number of carbonyl (C=O) groups excluding carboxylic acids is 2. The number of carbonyl (C=O) groups is 2. The van der Waals surface area contributed by atoms with Crippen molar-refractivity contribution >= 4 is 11.9 Å². The van der Waals surface area contributed by atoms with Gasteiger partial charge in [-0.3, -0.25) is 9.59 Å². The maximum absolute atomic E-state index is 12.5. The van der Waals surface area contributed by atoms with Crippen molar-refractivity contribution in [1.82, 2.24) is 5.32 Å². The van der Waals surface area contributed by atoms with Gasteiger partial charge < -0.3 is 20.3 Å². The van der Waals surface area contributed by atoms with Crippen molar-refractivity contribution in [3.05, 3.63) is 24.3 Å². The Labute approximate surface area is 456 Å². The molecule has 0 heterocycles. The number of amides is 1. The number of allylic oxidation sites excluding steroid dienone is 4. The van der Waals surface area contributed by atoms with E-state index in [4.69, 9.17) is 4.74 Å². The second-order valence-corrected chi connectivity index (χ2v) is 22.8. The molecule has 6 heteroatoms. The van der Waals surface area contributed by atoms with Crippen LogP contribution in [0.4, 0.5) is 0 Å². The maximum atomic E-state index is 12.5. The molecule has 73 heavy (non-hydrogen) atoms. The summed E-state index contributed by atoms with van der Waals surface area (Å²) in [6, 6.07) is -0.543. The van der Waals surface area contributed by atoms with E-state index in [1.54, 1.807) is 0 Å². The lowest BCUT2D eigenvalue weighted by Crippen LogP contribution is -2.45. The lowest BCUT2D eigenvalue weighted by atomic mass is 10.0. The van der Waals surface area contributed by atoms with Crippen molar-refractivity contribution in [2.24, 2.45) is 0 Å². The third-order valence-electron chi connectivity index (χ3n) is 15.5. The summed E-state index contributed by atoms with van der Waals surface area (Å²) in [5.74, 6) is -0.0341. The average Bonchev–Trinajstić information content (AvgIpc) is 3.39. The summed E-state index contributed by atoms with van der Waals surface area (Å²) in [4.78, 5) is 24.6. The zero-order valence-electron chi connectivity index (χ0n) is 49.4. The normalized spacial score (nSPS) is 12.7. The summed E-state index contributed by atoms with van der Waals surface area (Å²) in [6.07, 6.45) is 77.7. The van der Waals surface area contributed by atoms with Gasteiger partial charge in [-0.1, -0.05) is 327 Å². The highest BCUT2D eigenvalue weighted by Crippen LogP contribution is 2.19. The third kappa shape index (κ3) is 59.4. The van der Waals surface area contributed by atoms with Gasteiger partial charge in [0.25, 0.3) is 0 Å². The van der Waals surface area contributed by atoms with Crippen molar-refractivity contribution in [3.63, 3.8) is 0 Å². The molecule has 2 unspecified atom stereocenters. The summed E-state index contributed by atoms with van der Waals surface area (Å²) < 4.78 is 5.48. The SMILES string of the molecule is CCCC/C=C\C/C=C\CCCCCCCC(=O)OCCCCCCCCCCCCCCCCCCCCCCCC(=O)NC(CO)C(O)CCCCCCCCCCCCCCCCCCCCCCC. The van der Waals surface area contributed by atoms with E-state index in [0.29, 0.717) is 25.9 Å². The van der Waals surface area contributed by atoms with E-state index >= 15 is 0 Å². The Morgan fingerprint density at radius 1 is 0.384 bits per heavy atom. The van der Waals surface area contributed by atoms with Gasteiger partial charge in [0.2, 0.25) is 5.91 Å². The lowest BCUT2D eigenvalue weighted by molar-refractivity contribution is -0.143. The third-order valence-corrected chi connectivity index (χ3v) is 15.5. The van der Waals surface area contributed by atoms with E-state index < -0.39 is 12.1 Å². The number of hydrogen-bond donors (Lipinski definition) is 3. The van der Waals surface area contributed by atoms with Crippen molar-refractivity contribution < 1.29 is 24.5 Å². The van der Waals surface area contributed by atoms with Gasteiger partial charge in [-0.15, -0.1) is 0 Å². The van der Waals surface area contributed by atoms with Crippen molar-refractivity contribution in [2.75, 3.05) is 13.2 Å². The first-order chi connectivity index (χ1) is 36.0. The minimum atomic E-state index is -0.666. The monoisotopic (exact) mass is 1030 g/mol. The van der Waals surface area contributed by atoms with Crippen LogP contribution in [0, 0.1) is 0 Å². The lowest BCUT2D eigenvalue weighted by Gasteiger charge is -2.22. The number of esters is 1. The van der Waals surface area contributed by atoms with Crippen LogP contribution in [0.15, 0.2) is 24.3 Å². The second-order valence-electron chi connectivity index (χ2n) is 22.8. The highest BCUT2D eigenvalue weighted by Gasteiger charge is 2.20. The van der Waals surface area contributed by atoms with Gasteiger partial charge in [-0.05, 0) is 51.4 Å². The first-order valence-corrected chi connectivity index (χ1v) is 33.1. The van der Waals surface area contributed by atoms with Crippen molar-refractivity contribution in [2.45, 2.75) is 379 Å². The predicted octanol–water partition coefficient (Wildman–Crippen LogP) is 21.0. The Balaban J connectivity index is 3.39. The van der Waals surface area contributed by atoms with E-state index in [0.717, 1.165) is 51.4 Å². The molecule has 0 aromatic heterocycles. The Morgan fingerprint density at radius 2 is 0.699 bits per heavy atom. The van der Waals surface area contributed by atoms with Crippen LogP contribution in [0.5, 0.6) is 0 Å². The average molecular weight is 1030 g/mol. The fraction of sp³-hybridized carbons (Fsp3) is 0.910. The molecule has 3 N–H and O–H groups in total. The van der Waals surface area contributed by atoms with Crippen LogP contribution in [-0.2, 0) is 14.3 Å². The van der Waals surface area contributed by atoms with Gasteiger partial charge in [0, 0.05) is 12.8 Å². The summed E-state index contributed by atoms with van der Waals surface area (Å²) in [5.41, 5.74) is 0. The molecule has 0 aliphatic carbocycles. The minimum absolute atomic E-state index is 0.00186. The van der Waals surface area contributed by atoms with Crippen LogP contribution in [0.2, 0.25) is 0 Å². The Bertz CT molecular complexity index is 1140. The first-order valence-electron chi connectivity index (χ1n) is 33.1. The molecule has 0 fully saturated rings. The van der Waals surface area contributed by atoms with E-state index in [-0.39, 0.29) is 18.5 Å². The molecular weight excluding hydrogens is 899 g/mol. The molecule has 0 spiro atoms. The summed E-state index contributed by atoms with van der Waals surface area (Å²) in [7, 11) is 0. The number of aliphatic hydroxyl groups is 2. The molecule has 0 saturated carbocycles. The van der Waals surface area contributed by atoms with E-state index in [1.807, 2.05) is 0 Å². The van der Waals surface area contributed by atoms with Gasteiger partial charge in [0.05, 0.1) is 25.4 Å². The smallest absolute Gasteiger partial charge is 0.305 e. The van der Waals surface area contributed by atoms with Gasteiger partial charge in [0.1, 0.15) is 0 Å². The standard InChI is InChI=1S/C67H129NO5/c1-3-5-7-9-11-13-15-17-19-20-21-23-26-29-32-35-39-43-47-51-55-59-65(70)64(63-69)68-66(71)60-56-52-48-44-40-36-33-30-27-24-22-25-28-31-34-38-42-46-50-54-58-62-73-67(72)61-57-53-49-45-41-37-18-16-14-12-10-8-6-4-2/h10,12,16,18,64-65,69-70H,3-9,11,13-15,17,19-63H2,1-2H3,(H,68,71)/b12-10-,18-16-. The number of unbranched alkanes of at least 4 members (excludes halogenated alkanes) is 47. The number of aliphatic hydroxyl groups excluding tert-OH is 2. The maximum Gasteiger partial charge on any atom is 0.305 e. The van der Waals surface area contributed by atoms with E-state index in [1.165, 1.54) is 283 Å². The molecule has 0 saturated heterocycles. The van der Waals surface area contributed by atoms with Gasteiger partial charge in [-0.25, -0.2) is 0 Å². The Hall–Kier alpha value is -1.66. The fourth-order valence-electron chi connectivity index (χ4n) is 10.4. The molecule has 6 nitrogen and oxygen atoms in total. The fourth-order valence-corrected chi connectivity index (χ4v) is 10.4. The molecule has 0 bridgehead atoms.